The lowest BCUT2D eigenvalue weighted by Crippen LogP contribution is -2.68. The van der Waals surface area contributed by atoms with Crippen LogP contribution < -0.4 is 10.6 Å². The molecule has 4 saturated carbocycles. The minimum absolute atomic E-state index is 0.0218. The van der Waals surface area contributed by atoms with E-state index in [1.54, 1.807) is 19.9 Å². The van der Waals surface area contributed by atoms with Crippen molar-refractivity contribution in [1.82, 2.24) is 59.6 Å². The van der Waals surface area contributed by atoms with Gasteiger partial charge >= 0.3 is 6.18 Å². The molecule has 3 heterocycles. The number of hydrogen-bond acceptors (Lipinski definition) is 12. The second kappa shape index (κ2) is 36.1. The first kappa shape index (κ1) is 84.3. The smallest absolute Gasteiger partial charge is 0.347 e. The van der Waals surface area contributed by atoms with Gasteiger partial charge < -0.3 is 59.6 Å². The molecule has 24 nitrogen and oxygen atoms in total. The number of alkyl halides is 5. The van der Waals surface area contributed by atoms with Crippen LogP contribution in [0.4, 0.5) is 22.0 Å². The van der Waals surface area contributed by atoms with E-state index in [-0.39, 0.29) is 82.2 Å². The Morgan fingerprint density at radius 3 is 1.82 bits per heavy atom. The molecule has 104 heavy (non-hydrogen) atoms. The number of nitrogens with zero attached hydrogens (tertiary/aromatic N) is 10. The van der Waals surface area contributed by atoms with Gasteiger partial charge in [0.15, 0.2) is 0 Å². The lowest BCUT2D eigenvalue weighted by atomic mass is 9.73. The van der Waals surface area contributed by atoms with Gasteiger partial charge in [0, 0.05) is 76.5 Å². The Morgan fingerprint density at radius 2 is 1.25 bits per heavy atom. The third kappa shape index (κ3) is 19.6. The highest BCUT2D eigenvalue weighted by molar-refractivity contribution is 6.01. The zero-order valence-corrected chi connectivity index (χ0v) is 64.2. The second-order valence-electron chi connectivity index (χ2n) is 32.4. The molecule has 586 valence electrons. The van der Waals surface area contributed by atoms with Gasteiger partial charge in [0.25, 0.3) is 0 Å². The first-order valence-corrected chi connectivity index (χ1v) is 38.0. The highest BCUT2D eigenvalue weighted by Crippen LogP contribution is 2.46. The number of nitrogens with one attached hydrogen (secondary N) is 2. The summed E-state index contributed by atoms with van der Waals surface area (Å²) < 4.78 is 72.8. The highest BCUT2D eigenvalue weighted by atomic mass is 19.4. The Balaban J connectivity index is 1.31. The summed E-state index contributed by atoms with van der Waals surface area (Å²) in [6.07, 6.45) is -1.76. The summed E-state index contributed by atoms with van der Waals surface area (Å²) in [7, 11) is 12.9. The van der Waals surface area contributed by atoms with Crippen LogP contribution in [0, 0.1) is 47.3 Å². The molecule has 2 saturated heterocycles. The van der Waals surface area contributed by atoms with Crippen LogP contribution in [-0.2, 0) is 57.5 Å². The molecule has 0 aromatic rings. The predicted octanol–water partition coefficient (Wildman–Crippen LogP) is 6.38. The SMILES string of the molecule is CC[C@H](C)[C@@H]1NC(=O)[C@H](CC(C)C)N(C)C(=O)C[C@@H](C(=O)N(C)C)N(C)C(=O)[C@H](C2CCCC2)N(C)C(=O)C2(CCC2)N(C)C(=O)[C@@H]2C[C@@H](C)CN2C(=O)[C@H](CCC2CC(F)C(C(F)(F)F)C(F)C2)NC(=O)CN(C)C(=O)[C@H](CC2CCC(C)CC2)N2CC/C=C\C[C@@H](C2=O)N(C)C(=O)CN(C)C1=O. The van der Waals surface area contributed by atoms with E-state index < -0.39 is 199 Å². The summed E-state index contributed by atoms with van der Waals surface area (Å²) in [5.41, 5.74) is -1.56. The zero-order chi connectivity index (χ0) is 77.3. The van der Waals surface area contributed by atoms with Crippen molar-refractivity contribution in [2.45, 2.75) is 255 Å². The van der Waals surface area contributed by atoms with Crippen LogP contribution in [0.3, 0.4) is 0 Å². The zero-order valence-electron chi connectivity index (χ0n) is 64.2. The van der Waals surface area contributed by atoms with Crippen LogP contribution in [-0.4, -0.2) is 282 Å². The summed E-state index contributed by atoms with van der Waals surface area (Å²) in [6, 6.07) is -10.3. The number of fused-ring (bicyclic) bond motifs is 3. The first-order valence-electron chi connectivity index (χ1n) is 38.0. The van der Waals surface area contributed by atoms with Crippen molar-refractivity contribution in [2.24, 2.45) is 47.3 Å². The molecule has 6 fully saturated rings. The molecule has 1 spiro atoms. The molecule has 0 aromatic heterocycles. The normalized spacial score (nSPS) is 32.7. The van der Waals surface area contributed by atoms with Gasteiger partial charge in [-0.2, -0.15) is 13.2 Å². The monoisotopic (exact) mass is 1470 g/mol. The third-order valence-electron chi connectivity index (χ3n) is 24.1. The summed E-state index contributed by atoms with van der Waals surface area (Å²) in [5.74, 6) is -13.1. The van der Waals surface area contributed by atoms with Crippen molar-refractivity contribution in [1.29, 1.82) is 0 Å². The van der Waals surface area contributed by atoms with Gasteiger partial charge in [0.2, 0.25) is 70.9 Å². The molecule has 29 heteroatoms. The molecule has 7 rings (SSSR count). The van der Waals surface area contributed by atoms with E-state index in [2.05, 4.69) is 17.6 Å². The fraction of sp³-hybridized carbons (Fsp3) is 0.813. The van der Waals surface area contributed by atoms with E-state index in [9.17, 15) is 41.9 Å². The van der Waals surface area contributed by atoms with E-state index in [4.69, 9.17) is 0 Å². The number of halogens is 5. The average Bonchev–Trinajstić information content (AvgIpc) is 1.04. The number of carbonyl (C=O) groups is 12. The fourth-order valence-corrected chi connectivity index (χ4v) is 17.1. The molecule has 2 N–H and O–H groups in total. The summed E-state index contributed by atoms with van der Waals surface area (Å²) in [4.78, 5) is 194. The van der Waals surface area contributed by atoms with E-state index in [1.807, 2.05) is 26.8 Å². The first-order chi connectivity index (χ1) is 48.8. The van der Waals surface area contributed by atoms with Crippen LogP contribution in [0.25, 0.3) is 0 Å². The topological polar surface area (TPSA) is 261 Å². The van der Waals surface area contributed by atoms with Crippen LogP contribution in [0.1, 0.15) is 183 Å². The lowest BCUT2D eigenvalue weighted by molar-refractivity contribution is -0.219. The fourth-order valence-electron chi connectivity index (χ4n) is 17.1. The Hall–Kier alpha value is -6.97. The molecular formula is C75H119F5N12O12. The van der Waals surface area contributed by atoms with Crippen LogP contribution >= 0.6 is 0 Å². The lowest BCUT2D eigenvalue weighted by Gasteiger charge is -2.51. The predicted molar refractivity (Wildman–Crippen MR) is 379 cm³/mol. The van der Waals surface area contributed by atoms with E-state index >= 15 is 37.5 Å². The molecule has 2 unspecified atom stereocenters. The Labute approximate surface area is 611 Å². The van der Waals surface area contributed by atoms with Crippen LogP contribution in [0.15, 0.2) is 12.2 Å². The molecule has 3 aliphatic heterocycles. The molecule has 0 aromatic carbocycles. The number of carbonyl (C=O) groups excluding carboxylic acids is 12. The summed E-state index contributed by atoms with van der Waals surface area (Å²) in [5, 5.41) is 5.65. The Bertz CT molecular complexity index is 3110. The van der Waals surface area contributed by atoms with Crippen LogP contribution in [0.5, 0.6) is 0 Å². The molecule has 12 atom stereocenters. The van der Waals surface area contributed by atoms with Crippen molar-refractivity contribution < 1.29 is 79.5 Å². The summed E-state index contributed by atoms with van der Waals surface area (Å²) in [6.45, 7) is 9.96. The van der Waals surface area contributed by atoms with Gasteiger partial charge in [-0.25, -0.2) is 8.78 Å². The maximum atomic E-state index is 15.7. The maximum absolute atomic E-state index is 15.7. The van der Waals surface area contributed by atoms with E-state index in [1.165, 1.54) is 103 Å². The number of amides is 12. The van der Waals surface area contributed by atoms with Crippen molar-refractivity contribution >= 4 is 70.9 Å². The third-order valence-corrected chi connectivity index (χ3v) is 24.1. The van der Waals surface area contributed by atoms with Crippen molar-refractivity contribution in [2.75, 3.05) is 89.6 Å². The van der Waals surface area contributed by atoms with Crippen molar-refractivity contribution in [3.63, 3.8) is 0 Å². The van der Waals surface area contributed by atoms with E-state index in [0.29, 0.717) is 50.9 Å². The largest absolute Gasteiger partial charge is 0.397 e. The van der Waals surface area contributed by atoms with E-state index in [0.717, 1.165) is 35.5 Å². The minimum Gasteiger partial charge on any atom is -0.347 e. The molecular weight excluding hydrogens is 1360 g/mol. The minimum atomic E-state index is -5.16. The van der Waals surface area contributed by atoms with Gasteiger partial charge in [-0.15, -0.1) is 0 Å². The maximum Gasteiger partial charge on any atom is 0.397 e. The van der Waals surface area contributed by atoms with Gasteiger partial charge in [-0.3, -0.25) is 57.5 Å². The Kier molecular flexibility index (Phi) is 29.2. The average molecular weight is 1480 g/mol. The number of hydrogen-bond donors (Lipinski definition) is 2. The molecule has 7 aliphatic rings. The molecule has 2 bridgehead atoms. The molecule has 4 aliphatic carbocycles. The van der Waals surface area contributed by atoms with Crippen LogP contribution in [0.2, 0.25) is 0 Å². The number of rotatable bonds is 11. The summed E-state index contributed by atoms with van der Waals surface area (Å²) >= 11 is 0. The van der Waals surface area contributed by atoms with Gasteiger partial charge in [0.1, 0.15) is 72.1 Å². The van der Waals surface area contributed by atoms with Crippen molar-refractivity contribution in [3.05, 3.63) is 12.2 Å². The second-order valence-corrected chi connectivity index (χ2v) is 32.4. The quantitative estimate of drug-likeness (QED) is 0.169. The molecule has 12 amide bonds. The number of likely N-dealkylation sites (N-methyl/N-ethyl adjacent to an activating group) is 8. The Morgan fingerprint density at radius 1 is 0.635 bits per heavy atom. The van der Waals surface area contributed by atoms with Gasteiger partial charge in [-0.05, 0) is 131 Å². The highest BCUT2D eigenvalue weighted by Gasteiger charge is 2.57. The van der Waals surface area contributed by atoms with Gasteiger partial charge in [-0.1, -0.05) is 98.6 Å². The standard InChI is InChI=1S/C75H119F5N12O12/c1-16-47(6)63-71(102)85(10)43-61(95)86(11)54-25-18-17-21-34-91(70(54)101)58(39-48-28-26-45(4)27-29-48)68(99)84(9)42-59(93)81-53(31-30-49-37-51(76)62(52(77)38-49)75(78,79)80)66(97)92-41-46(5)36-57(92)69(100)90(15)74(32-22-33-74)73(104)89(14)64(50-23-19-20-24-50)72(103)88(13)56(67(98)83(7)8)40-60(94)87(12)55(35-44(2)3)65(96)82-63/h17-18,44-58,62-64H,16,19-43H2,1-15H3,(H,81,93)(H,82,96)/b18-17-/t45?,46-,47+,48?,49?,51?,52?,53+,54+,55+,56+,57+,58+,62?,63+,64+/m1/s1. The molecule has 0 radical (unpaired) electrons. The van der Waals surface area contributed by atoms with Crippen molar-refractivity contribution in [3.8, 4) is 0 Å². The van der Waals surface area contributed by atoms with Gasteiger partial charge in [0.05, 0.1) is 19.5 Å².